The Kier molecular flexibility index (Phi) is 8.11. The highest BCUT2D eigenvalue weighted by Crippen LogP contribution is 2.21. The van der Waals surface area contributed by atoms with Gasteiger partial charge in [0, 0.05) is 24.7 Å². The second kappa shape index (κ2) is 10.8. The Labute approximate surface area is 158 Å². The fraction of sp³-hybridized carbons (Fsp3) is 0.333. The average Bonchev–Trinajstić information content (AvgIpc) is 2.67. The molecule has 6 heteroatoms. The number of nitrogens with zero attached hydrogens (tertiary/aromatic N) is 2. The molecule has 0 radical (unpaired) electrons. The first kappa shape index (κ1) is 20.2. The van der Waals surface area contributed by atoms with E-state index in [0.29, 0.717) is 31.9 Å². The molecule has 27 heavy (non-hydrogen) atoms. The summed E-state index contributed by atoms with van der Waals surface area (Å²) >= 11 is 0. The molecule has 0 aliphatic heterocycles. The SMILES string of the molecule is CCOc1ccc(N(CCC#N)C(=O)CCCOc2cccc(F)c2)cc1. The van der Waals surface area contributed by atoms with Crippen LogP contribution in [0.3, 0.4) is 0 Å². The van der Waals surface area contributed by atoms with Gasteiger partial charge in [0.2, 0.25) is 5.91 Å². The molecule has 0 heterocycles. The highest BCUT2D eigenvalue weighted by molar-refractivity contribution is 5.93. The van der Waals surface area contributed by atoms with Crippen LogP contribution >= 0.6 is 0 Å². The molecule has 0 spiro atoms. The topological polar surface area (TPSA) is 62.6 Å². The standard InChI is InChI=1S/C21H23FN2O3/c1-2-26-19-11-9-18(10-12-19)24(14-5-13-23)21(25)8-4-15-27-20-7-3-6-17(22)16-20/h3,6-7,9-12,16H,2,4-5,8,14-15H2,1H3. The van der Waals surface area contributed by atoms with Gasteiger partial charge in [-0.2, -0.15) is 5.26 Å². The van der Waals surface area contributed by atoms with Gasteiger partial charge in [0.15, 0.2) is 0 Å². The van der Waals surface area contributed by atoms with Gasteiger partial charge < -0.3 is 14.4 Å². The van der Waals surface area contributed by atoms with Crippen molar-refractivity contribution < 1.29 is 18.7 Å². The van der Waals surface area contributed by atoms with Crippen molar-refractivity contribution in [2.24, 2.45) is 0 Å². The second-order valence-corrected chi connectivity index (χ2v) is 5.79. The summed E-state index contributed by atoms with van der Waals surface area (Å²) in [5.41, 5.74) is 0.727. The van der Waals surface area contributed by atoms with Crippen molar-refractivity contribution in [3.05, 3.63) is 54.3 Å². The van der Waals surface area contributed by atoms with Crippen LogP contribution in [0.1, 0.15) is 26.2 Å². The number of halogens is 1. The maximum Gasteiger partial charge on any atom is 0.227 e. The molecule has 0 atom stereocenters. The predicted molar refractivity (Wildman–Crippen MR) is 101 cm³/mol. The van der Waals surface area contributed by atoms with Gasteiger partial charge in [0.1, 0.15) is 17.3 Å². The molecule has 0 unspecified atom stereocenters. The number of benzene rings is 2. The van der Waals surface area contributed by atoms with Crippen molar-refractivity contribution in [2.45, 2.75) is 26.2 Å². The average molecular weight is 370 g/mol. The fourth-order valence-electron chi connectivity index (χ4n) is 2.55. The third-order valence-corrected chi connectivity index (χ3v) is 3.81. The summed E-state index contributed by atoms with van der Waals surface area (Å²) < 4.78 is 24.0. The molecule has 0 aliphatic carbocycles. The summed E-state index contributed by atoms with van der Waals surface area (Å²) in [5.74, 6) is 0.728. The first-order valence-electron chi connectivity index (χ1n) is 8.92. The highest BCUT2D eigenvalue weighted by Gasteiger charge is 2.15. The Morgan fingerprint density at radius 2 is 1.93 bits per heavy atom. The van der Waals surface area contributed by atoms with Crippen LogP contribution in [0.4, 0.5) is 10.1 Å². The quantitative estimate of drug-likeness (QED) is 0.584. The van der Waals surface area contributed by atoms with Crippen molar-refractivity contribution in [2.75, 3.05) is 24.7 Å². The van der Waals surface area contributed by atoms with Gasteiger partial charge in [-0.15, -0.1) is 0 Å². The lowest BCUT2D eigenvalue weighted by Crippen LogP contribution is -2.31. The predicted octanol–water partition coefficient (Wildman–Crippen LogP) is 4.33. The van der Waals surface area contributed by atoms with E-state index in [0.717, 1.165) is 11.4 Å². The van der Waals surface area contributed by atoms with Gasteiger partial charge in [0.05, 0.1) is 25.7 Å². The Morgan fingerprint density at radius 3 is 2.59 bits per heavy atom. The summed E-state index contributed by atoms with van der Waals surface area (Å²) in [4.78, 5) is 14.2. The lowest BCUT2D eigenvalue weighted by molar-refractivity contribution is -0.118. The van der Waals surface area contributed by atoms with Gasteiger partial charge in [-0.1, -0.05) is 6.07 Å². The lowest BCUT2D eigenvalue weighted by Gasteiger charge is -2.22. The molecule has 0 fully saturated rings. The van der Waals surface area contributed by atoms with E-state index in [1.807, 2.05) is 19.1 Å². The van der Waals surface area contributed by atoms with E-state index < -0.39 is 0 Å². The van der Waals surface area contributed by atoms with E-state index in [9.17, 15) is 9.18 Å². The van der Waals surface area contributed by atoms with Crippen molar-refractivity contribution in [1.82, 2.24) is 0 Å². The largest absolute Gasteiger partial charge is 0.494 e. The normalized spacial score (nSPS) is 10.1. The molecule has 0 bridgehead atoms. The minimum atomic E-state index is -0.359. The van der Waals surface area contributed by atoms with Gasteiger partial charge in [0.25, 0.3) is 0 Å². The van der Waals surface area contributed by atoms with E-state index in [1.54, 1.807) is 29.2 Å². The third-order valence-electron chi connectivity index (χ3n) is 3.81. The van der Waals surface area contributed by atoms with Crippen LogP contribution in [-0.2, 0) is 4.79 Å². The van der Waals surface area contributed by atoms with Crippen LogP contribution in [0.15, 0.2) is 48.5 Å². The monoisotopic (exact) mass is 370 g/mol. The van der Waals surface area contributed by atoms with E-state index in [-0.39, 0.29) is 24.6 Å². The van der Waals surface area contributed by atoms with Gasteiger partial charge in [-0.05, 0) is 49.7 Å². The molecule has 2 aromatic carbocycles. The molecule has 0 N–H and O–H groups in total. The summed E-state index contributed by atoms with van der Waals surface area (Å²) in [6.07, 6.45) is 1.02. The molecule has 1 amide bonds. The molecule has 5 nitrogen and oxygen atoms in total. The van der Waals surface area contributed by atoms with E-state index in [2.05, 4.69) is 6.07 Å². The molecular weight excluding hydrogens is 347 g/mol. The summed E-state index contributed by atoms with van der Waals surface area (Å²) in [6, 6.07) is 15.2. The van der Waals surface area contributed by atoms with Crippen molar-refractivity contribution in [3.8, 4) is 17.6 Å². The van der Waals surface area contributed by atoms with Gasteiger partial charge in [-0.25, -0.2) is 4.39 Å². The fourth-order valence-corrected chi connectivity index (χ4v) is 2.55. The zero-order valence-electron chi connectivity index (χ0n) is 15.4. The molecule has 0 aliphatic rings. The summed E-state index contributed by atoms with van der Waals surface area (Å²) in [5, 5.41) is 8.86. The first-order valence-corrected chi connectivity index (χ1v) is 8.92. The molecule has 2 aromatic rings. The number of hydrogen-bond acceptors (Lipinski definition) is 4. The minimum absolute atomic E-state index is 0.0859. The number of anilines is 1. The van der Waals surface area contributed by atoms with Gasteiger partial charge in [-0.3, -0.25) is 4.79 Å². The van der Waals surface area contributed by atoms with Crippen LogP contribution in [0.2, 0.25) is 0 Å². The zero-order valence-corrected chi connectivity index (χ0v) is 15.4. The van der Waals surface area contributed by atoms with Crippen LogP contribution in [0, 0.1) is 17.1 Å². The molecule has 0 saturated carbocycles. The minimum Gasteiger partial charge on any atom is -0.494 e. The molecular formula is C21H23FN2O3. The number of carbonyl (C=O) groups is 1. The Bertz CT molecular complexity index is 772. The number of carbonyl (C=O) groups excluding carboxylic acids is 1. The van der Waals surface area contributed by atoms with E-state index >= 15 is 0 Å². The maximum atomic E-state index is 13.1. The Morgan fingerprint density at radius 1 is 1.15 bits per heavy atom. The van der Waals surface area contributed by atoms with Crippen LogP contribution in [0.25, 0.3) is 0 Å². The molecule has 2 rings (SSSR count). The highest BCUT2D eigenvalue weighted by atomic mass is 19.1. The summed E-state index contributed by atoms with van der Waals surface area (Å²) in [7, 11) is 0. The van der Waals surface area contributed by atoms with E-state index in [1.165, 1.54) is 12.1 Å². The van der Waals surface area contributed by atoms with Crippen molar-refractivity contribution >= 4 is 11.6 Å². The van der Waals surface area contributed by atoms with Crippen molar-refractivity contribution in [3.63, 3.8) is 0 Å². The summed E-state index contributed by atoms with van der Waals surface area (Å²) in [6.45, 7) is 3.11. The lowest BCUT2D eigenvalue weighted by atomic mass is 10.2. The number of hydrogen-bond donors (Lipinski definition) is 0. The number of ether oxygens (including phenoxy) is 2. The molecule has 0 saturated heterocycles. The van der Waals surface area contributed by atoms with Crippen LogP contribution in [0.5, 0.6) is 11.5 Å². The number of amides is 1. The zero-order chi connectivity index (χ0) is 19.5. The Hall–Kier alpha value is -3.07. The third kappa shape index (κ3) is 6.63. The molecule has 142 valence electrons. The number of nitriles is 1. The maximum absolute atomic E-state index is 13.1. The number of rotatable bonds is 10. The smallest absolute Gasteiger partial charge is 0.227 e. The van der Waals surface area contributed by atoms with Crippen LogP contribution < -0.4 is 14.4 Å². The van der Waals surface area contributed by atoms with Crippen LogP contribution in [-0.4, -0.2) is 25.7 Å². The van der Waals surface area contributed by atoms with E-state index in [4.69, 9.17) is 14.7 Å². The van der Waals surface area contributed by atoms with Crippen molar-refractivity contribution in [1.29, 1.82) is 5.26 Å². The van der Waals surface area contributed by atoms with Gasteiger partial charge >= 0.3 is 0 Å². The molecule has 0 aromatic heterocycles. The Balaban J connectivity index is 1.90. The second-order valence-electron chi connectivity index (χ2n) is 5.79. The first-order chi connectivity index (χ1) is 13.1.